The summed E-state index contributed by atoms with van der Waals surface area (Å²) in [5.41, 5.74) is 2.28. The molecule has 26 heavy (non-hydrogen) atoms. The Bertz CT molecular complexity index is 795. The van der Waals surface area contributed by atoms with Gasteiger partial charge in [0.25, 0.3) is 0 Å². The maximum absolute atomic E-state index is 12.2. The van der Waals surface area contributed by atoms with Crippen LogP contribution in [0.3, 0.4) is 0 Å². The summed E-state index contributed by atoms with van der Waals surface area (Å²) in [6, 6.07) is 6.97. The van der Waals surface area contributed by atoms with Crippen molar-refractivity contribution in [2.45, 2.75) is 38.6 Å². The van der Waals surface area contributed by atoms with Crippen molar-refractivity contribution in [3.05, 3.63) is 41.2 Å². The van der Waals surface area contributed by atoms with E-state index in [0.29, 0.717) is 36.4 Å². The Labute approximate surface area is 156 Å². The van der Waals surface area contributed by atoms with Gasteiger partial charge in [0.1, 0.15) is 0 Å². The molecule has 1 aromatic heterocycles. The second kappa shape index (κ2) is 7.78. The summed E-state index contributed by atoms with van der Waals surface area (Å²) in [4.78, 5) is 23.2. The highest BCUT2D eigenvalue weighted by atomic mass is 35.5. The number of nitrogens with zero attached hydrogens (tertiary/aromatic N) is 2. The van der Waals surface area contributed by atoms with Crippen LogP contribution in [0.25, 0.3) is 5.69 Å². The normalized spacial score (nSPS) is 19.8. The number of halogens is 1. The zero-order chi connectivity index (χ0) is 18.7. The van der Waals surface area contributed by atoms with Crippen molar-refractivity contribution >= 4 is 29.3 Å². The molecule has 1 aromatic carbocycles. The van der Waals surface area contributed by atoms with E-state index < -0.39 is 5.97 Å². The number of rotatable bonds is 4. The fourth-order valence-electron chi connectivity index (χ4n) is 3.20. The van der Waals surface area contributed by atoms with E-state index in [1.54, 1.807) is 23.0 Å². The third-order valence-electron chi connectivity index (χ3n) is 4.74. The Morgan fingerprint density at radius 3 is 2.46 bits per heavy atom. The molecule has 0 saturated heterocycles. The summed E-state index contributed by atoms with van der Waals surface area (Å²) in [6.45, 7) is 1.87. The number of aliphatic carboxylic acids is 1. The van der Waals surface area contributed by atoms with Gasteiger partial charge in [-0.05, 0) is 56.9 Å². The van der Waals surface area contributed by atoms with Gasteiger partial charge in [0.2, 0.25) is 0 Å². The number of hydrogen-bond donors (Lipinski definition) is 3. The lowest BCUT2D eigenvalue weighted by atomic mass is 9.86. The van der Waals surface area contributed by atoms with Crippen LogP contribution in [-0.2, 0) is 4.79 Å². The molecule has 0 unspecified atom stereocenters. The number of anilines is 1. The van der Waals surface area contributed by atoms with Crippen molar-refractivity contribution < 1.29 is 14.7 Å². The summed E-state index contributed by atoms with van der Waals surface area (Å²) in [5, 5.41) is 19.7. The van der Waals surface area contributed by atoms with Gasteiger partial charge in [-0.3, -0.25) is 4.79 Å². The van der Waals surface area contributed by atoms with Crippen LogP contribution in [0, 0.1) is 12.8 Å². The largest absolute Gasteiger partial charge is 0.481 e. The summed E-state index contributed by atoms with van der Waals surface area (Å²) < 4.78 is 1.73. The number of carboxylic acid groups (broad SMARTS) is 1. The fourth-order valence-corrected chi connectivity index (χ4v) is 3.33. The summed E-state index contributed by atoms with van der Waals surface area (Å²) in [7, 11) is 0. The zero-order valence-electron chi connectivity index (χ0n) is 14.4. The van der Waals surface area contributed by atoms with Gasteiger partial charge < -0.3 is 15.7 Å². The smallest absolute Gasteiger partial charge is 0.319 e. The molecule has 3 N–H and O–H groups in total. The summed E-state index contributed by atoms with van der Waals surface area (Å²) in [6.07, 6.45) is 4.13. The first-order chi connectivity index (χ1) is 12.4. The third kappa shape index (κ3) is 4.16. The van der Waals surface area contributed by atoms with Gasteiger partial charge in [-0.2, -0.15) is 5.10 Å². The molecule has 1 saturated carbocycles. The molecule has 0 spiro atoms. The van der Waals surface area contributed by atoms with Crippen LogP contribution in [0.4, 0.5) is 10.5 Å². The van der Waals surface area contributed by atoms with E-state index in [2.05, 4.69) is 15.7 Å². The minimum atomic E-state index is -0.752. The summed E-state index contributed by atoms with van der Waals surface area (Å²) in [5.74, 6) is -1.05. The predicted octanol–water partition coefficient (Wildman–Crippen LogP) is 3.60. The maximum atomic E-state index is 12.2. The van der Waals surface area contributed by atoms with Crippen molar-refractivity contribution in [3.63, 3.8) is 0 Å². The SMILES string of the molecule is Cc1c(NC(=O)NC2CCC(C(=O)O)CC2)cnn1-c1ccc(Cl)cc1. The molecule has 0 atom stereocenters. The van der Waals surface area contributed by atoms with Gasteiger partial charge in [0.15, 0.2) is 0 Å². The molecular weight excluding hydrogens is 356 g/mol. The molecular formula is C18H21ClN4O3. The standard InChI is InChI=1S/C18H21ClN4O3/c1-11-16(10-20-23(11)15-8-4-13(19)5-9-15)22-18(26)21-14-6-2-12(3-7-14)17(24)25/h4-5,8-10,12,14H,2-3,6-7H2,1H3,(H,24,25)(H2,21,22,26). The van der Waals surface area contributed by atoms with E-state index in [0.717, 1.165) is 11.4 Å². The molecule has 2 amide bonds. The molecule has 2 aromatic rings. The Balaban J connectivity index is 1.58. The number of urea groups is 1. The molecule has 1 heterocycles. The highest BCUT2D eigenvalue weighted by Gasteiger charge is 2.26. The second-order valence-electron chi connectivity index (χ2n) is 6.52. The van der Waals surface area contributed by atoms with Crippen LogP contribution in [0.15, 0.2) is 30.5 Å². The van der Waals surface area contributed by atoms with E-state index in [9.17, 15) is 9.59 Å². The Morgan fingerprint density at radius 2 is 1.85 bits per heavy atom. The van der Waals surface area contributed by atoms with Crippen molar-refractivity contribution in [2.24, 2.45) is 5.92 Å². The van der Waals surface area contributed by atoms with Crippen molar-refractivity contribution in [2.75, 3.05) is 5.32 Å². The van der Waals surface area contributed by atoms with Crippen LogP contribution in [0.1, 0.15) is 31.4 Å². The average Bonchev–Trinajstić information content (AvgIpc) is 2.97. The van der Waals surface area contributed by atoms with E-state index in [1.165, 1.54) is 0 Å². The van der Waals surface area contributed by atoms with Crippen molar-refractivity contribution in [1.29, 1.82) is 0 Å². The molecule has 1 fully saturated rings. The monoisotopic (exact) mass is 376 g/mol. The first kappa shape index (κ1) is 18.3. The number of aromatic nitrogens is 2. The summed E-state index contributed by atoms with van der Waals surface area (Å²) >= 11 is 5.90. The van der Waals surface area contributed by atoms with Gasteiger partial charge in [-0.1, -0.05) is 11.6 Å². The third-order valence-corrected chi connectivity index (χ3v) is 4.99. The first-order valence-corrected chi connectivity index (χ1v) is 8.92. The lowest BCUT2D eigenvalue weighted by Gasteiger charge is -2.26. The molecule has 1 aliphatic carbocycles. The van der Waals surface area contributed by atoms with Gasteiger partial charge >= 0.3 is 12.0 Å². The van der Waals surface area contributed by atoms with Gasteiger partial charge in [-0.15, -0.1) is 0 Å². The molecule has 138 valence electrons. The van der Waals surface area contributed by atoms with Crippen LogP contribution >= 0.6 is 11.6 Å². The number of carboxylic acids is 1. The Hall–Kier alpha value is -2.54. The van der Waals surface area contributed by atoms with E-state index in [4.69, 9.17) is 16.7 Å². The molecule has 0 aliphatic heterocycles. The Morgan fingerprint density at radius 1 is 1.19 bits per heavy atom. The maximum Gasteiger partial charge on any atom is 0.319 e. The molecule has 3 rings (SSSR count). The predicted molar refractivity (Wildman–Crippen MR) is 98.8 cm³/mol. The van der Waals surface area contributed by atoms with Gasteiger partial charge in [0, 0.05) is 11.1 Å². The van der Waals surface area contributed by atoms with Crippen molar-refractivity contribution in [3.8, 4) is 5.69 Å². The highest BCUT2D eigenvalue weighted by Crippen LogP contribution is 2.25. The number of amides is 2. The van der Waals surface area contributed by atoms with E-state index >= 15 is 0 Å². The van der Waals surface area contributed by atoms with Crippen LogP contribution in [0.2, 0.25) is 5.02 Å². The van der Waals surface area contributed by atoms with Crippen molar-refractivity contribution in [1.82, 2.24) is 15.1 Å². The fraction of sp³-hybridized carbons (Fsp3) is 0.389. The minimum Gasteiger partial charge on any atom is -0.481 e. The quantitative estimate of drug-likeness (QED) is 0.759. The number of nitrogens with one attached hydrogen (secondary N) is 2. The lowest BCUT2D eigenvalue weighted by molar-refractivity contribution is -0.142. The second-order valence-corrected chi connectivity index (χ2v) is 6.95. The lowest BCUT2D eigenvalue weighted by Crippen LogP contribution is -2.41. The van der Waals surface area contributed by atoms with Gasteiger partial charge in [0.05, 0.1) is 29.2 Å². The average molecular weight is 377 g/mol. The molecule has 0 bridgehead atoms. The van der Waals surface area contributed by atoms with E-state index in [-0.39, 0.29) is 18.0 Å². The highest BCUT2D eigenvalue weighted by molar-refractivity contribution is 6.30. The first-order valence-electron chi connectivity index (χ1n) is 8.55. The van der Waals surface area contributed by atoms with Crippen LogP contribution in [0.5, 0.6) is 0 Å². The molecule has 7 nitrogen and oxygen atoms in total. The number of hydrogen-bond acceptors (Lipinski definition) is 3. The minimum absolute atomic E-state index is 0.00258. The molecule has 8 heteroatoms. The van der Waals surface area contributed by atoms with Crippen LogP contribution < -0.4 is 10.6 Å². The molecule has 1 aliphatic rings. The number of benzene rings is 1. The van der Waals surface area contributed by atoms with Gasteiger partial charge in [-0.25, -0.2) is 9.48 Å². The zero-order valence-corrected chi connectivity index (χ0v) is 15.2. The number of carbonyl (C=O) groups is 2. The molecule has 0 radical (unpaired) electrons. The van der Waals surface area contributed by atoms with E-state index in [1.807, 2.05) is 19.1 Å². The number of carbonyl (C=O) groups excluding carboxylic acids is 1. The van der Waals surface area contributed by atoms with Crippen LogP contribution in [-0.4, -0.2) is 32.9 Å². The topological polar surface area (TPSA) is 96.2 Å². The Kier molecular flexibility index (Phi) is 5.46.